The first-order chi connectivity index (χ1) is 10.2. The van der Waals surface area contributed by atoms with Crippen LogP contribution in [0.25, 0.3) is 11.3 Å². The van der Waals surface area contributed by atoms with Gasteiger partial charge >= 0.3 is 0 Å². The van der Waals surface area contributed by atoms with Crippen molar-refractivity contribution in [3.05, 3.63) is 67.9 Å². The Labute approximate surface area is 144 Å². The van der Waals surface area contributed by atoms with E-state index in [0.717, 1.165) is 30.9 Å². The molecule has 0 atom stereocenters. The van der Waals surface area contributed by atoms with Crippen LogP contribution in [0.15, 0.2) is 62.9 Å². The van der Waals surface area contributed by atoms with E-state index in [1.165, 1.54) is 0 Å². The Kier molecular flexibility index (Phi) is 4.73. The number of halogens is 2. The van der Waals surface area contributed by atoms with Crippen molar-refractivity contribution in [3.8, 4) is 11.3 Å². The fraction of sp³-hybridized carbons (Fsp3) is 0.0625. The minimum atomic E-state index is 0.715. The van der Waals surface area contributed by atoms with Gasteiger partial charge in [-0.05, 0) is 34.1 Å². The molecule has 0 aliphatic rings. The molecule has 1 aromatic heterocycles. The quantitative estimate of drug-likeness (QED) is 0.560. The van der Waals surface area contributed by atoms with Crippen molar-refractivity contribution in [2.24, 2.45) is 0 Å². The topological polar surface area (TPSA) is 24.9 Å². The molecular weight excluding hydrogens is 412 g/mol. The summed E-state index contributed by atoms with van der Waals surface area (Å²) in [7, 11) is 0. The van der Waals surface area contributed by atoms with Gasteiger partial charge in [-0.2, -0.15) is 0 Å². The molecule has 0 fully saturated rings. The third-order valence-electron chi connectivity index (χ3n) is 2.98. The summed E-state index contributed by atoms with van der Waals surface area (Å²) in [6, 6.07) is 16.3. The van der Waals surface area contributed by atoms with E-state index in [1.54, 1.807) is 11.3 Å². The third kappa shape index (κ3) is 3.73. The van der Waals surface area contributed by atoms with Crippen LogP contribution in [0.3, 0.4) is 0 Å². The van der Waals surface area contributed by atoms with Crippen LogP contribution >= 0.6 is 43.2 Å². The molecular formula is C16H12Br2N2S. The van der Waals surface area contributed by atoms with Crippen LogP contribution in [-0.4, -0.2) is 4.98 Å². The van der Waals surface area contributed by atoms with E-state index in [-0.39, 0.29) is 0 Å². The molecule has 0 radical (unpaired) electrons. The zero-order valence-corrected chi connectivity index (χ0v) is 15.0. The number of nitrogens with one attached hydrogen (secondary N) is 1. The summed E-state index contributed by atoms with van der Waals surface area (Å²) in [5.74, 6) is 0. The van der Waals surface area contributed by atoms with Gasteiger partial charge in [0.2, 0.25) is 0 Å². The molecule has 0 amide bonds. The largest absolute Gasteiger partial charge is 0.378 e. The molecule has 0 saturated heterocycles. The molecule has 2 nitrogen and oxygen atoms in total. The number of anilines is 1. The SMILES string of the molecule is Brc1ccc(Br)c(NCc2nc(-c3ccccc3)cs2)c1. The lowest BCUT2D eigenvalue weighted by Gasteiger charge is -2.07. The average molecular weight is 424 g/mol. The van der Waals surface area contributed by atoms with Gasteiger partial charge in [0.15, 0.2) is 0 Å². The average Bonchev–Trinajstić information content (AvgIpc) is 2.98. The summed E-state index contributed by atoms with van der Waals surface area (Å²) in [5, 5.41) is 6.58. The van der Waals surface area contributed by atoms with Gasteiger partial charge in [0, 0.05) is 25.6 Å². The zero-order chi connectivity index (χ0) is 14.7. The molecule has 0 saturated carbocycles. The molecule has 3 aromatic rings. The minimum Gasteiger partial charge on any atom is -0.378 e. The van der Waals surface area contributed by atoms with Gasteiger partial charge < -0.3 is 5.32 Å². The summed E-state index contributed by atoms with van der Waals surface area (Å²) in [5.41, 5.74) is 3.25. The van der Waals surface area contributed by atoms with E-state index in [9.17, 15) is 0 Å². The summed E-state index contributed by atoms with van der Waals surface area (Å²) >= 11 is 8.70. The van der Waals surface area contributed by atoms with Crippen molar-refractivity contribution in [2.75, 3.05) is 5.32 Å². The summed E-state index contributed by atoms with van der Waals surface area (Å²) in [4.78, 5) is 4.68. The van der Waals surface area contributed by atoms with E-state index in [2.05, 4.69) is 65.7 Å². The maximum atomic E-state index is 4.68. The van der Waals surface area contributed by atoms with Crippen LogP contribution in [0.2, 0.25) is 0 Å². The molecule has 21 heavy (non-hydrogen) atoms. The Morgan fingerprint density at radius 1 is 1.05 bits per heavy atom. The van der Waals surface area contributed by atoms with Gasteiger partial charge in [0.25, 0.3) is 0 Å². The van der Waals surface area contributed by atoms with Crippen molar-refractivity contribution in [1.82, 2.24) is 4.98 Å². The first kappa shape index (κ1) is 14.8. The lowest BCUT2D eigenvalue weighted by atomic mass is 10.2. The molecule has 5 heteroatoms. The van der Waals surface area contributed by atoms with Gasteiger partial charge in [-0.25, -0.2) is 4.98 Å². The summed E-state index contributed by atoms with van der Waals surface area (Å²) < 4.78 is 2.10. The highest BCUT2D eigenvalue weighted by Gasteiger charge is 2.05. The monoisotopic (exact) mass is 422 g/mol. The normalized spacial score (nSPS) is 10.6. The smallest absolute Gasteiger partial charge is 0.112 e. The predicted octanol–water partition coefficient (Wildman–Crippen LogP) is 5.95. The molecule has 2 aromatic carbocycles. The first-order valence-electron chi connectivity index (χ1n) is 6.41. The van der Waals surface area contributed by atoms with Gasteiger partial charge in [-0.1, -0.05) is 46.3 Å². The number of hydrogen-bond donors (Lipinski definition) is 1. The highest BCUT2D eigenvalue weighted by atomic mass is 79.9. The van der Waals surface area contributed by atoms with E-state index >= 15 is 0 Å². The van der Waals surface area contributed by atoms with Gasteiger partial charge in [0.05, 0.1) is 12.2 Å². The van der Waals surface area contributed by atoms with Crippen LogP contribution in [0.4, 0.5) is 5.69 Å². The Morgan fingerprint density at radius 2 is 1.86 bits per heavy atom. The van der Waals surface area contributed by atoms with Crippen molar-refractivity contribution in [1.29, 1.82) is 0 Å². The second-order valence-electron chi connectivity index (χ2n) is 4.47. The van der Waals surface area contributed by atoms with Gasteiger partial charge in [-0.3, -0.25) is 0 Å². The highest BCUT2D eigenvalue weighted by Crippen LogP contribution is 2.27. The number of thiazole rings is 1. The maximum absolute atomic E-state index is 4.68. The minimum absolute atomic E-state index is 0.715. The van der Waals surface area contributed by atoms with Crippen molar-refractivity contribution in [2.45, 2.75) is 6.54 Å². The fourth-order valence-corrected chi connectivity index (χ4v) is 3.43. The van der Waals surface area contributed by atoms with Crippen molar-refractivity contribution < 1.29 is 0 Å². The van der Waals surface area contributed by atoms with E-state index in [1.807, 2.05) is 30.3 Å². The third-order valence-corrected chi connectivity index (χ3v) is 5.01. The second kappa shape index (κ2) is 6.73. The molecule has 0 aliphatic heterocycles. The van der Waals surface area contributed by atoms with Crippen LogP contribution < -0.4 is 5.32 Å². The number of hydrogen-bond acceptors (Lipinski definition) is 3. The van der Waals surface area contributed by atoms with Crippen LogP contribution in [0, 0.1) is 0 Å². The van der Waals surface area contributed by atoms with E-state index < -0.39 is 0 Å². The molecule has 0 bridgehead atoms. The van der Waals surface area contributed by atoms with Gasteiger partial charge in [0.1, 0.15) is 5.01 Å². The lowest BCUT2D eigenvalue weighted by Crippen LogP contribution is -1.99. The number of rotatable bonds is 4. The van der Waals surface area contributed by atoms with Gasteiger partial charge in [-0.15, -0.1) is 11.3 Å². The van der Waals surface area contributed by atoms with E-state index in [4.69, 9.17) is 0 Å². The Morgan fingerprint density at radius 3 is 2.67 bits per heavy atom. The van der Waals surface area contributed by atoms with E-state index in [0.29, 0.717) is 6.54 Å². The molecule has 0 aliphatic carbocycles. The molecule has 106 valence electrons. The molecule has 3 rings (SSSR count). The van der Waals surface area contributed by atoms with Crippen LogP contribution in [0.1, 0.15) is 5.01 Å². The second-order valence-corrected chi connectivity index (χ2v) is 7.18. The van der Waals surface area contributed by atoms with Crippen molar-refractivity contribution in [3.63, 3.8) is 0 Å². The molecule has 1 N–H and O–H groups in total. The summed E-state index contributed by atoms with van der Waals surface area (Å²) in [6.45, 7) is 0.715. The van der Waals surface area contributed by atoms with Crippen molar-refractivity contribution >= 4 is 48.9 Å². The molecule has 0 unspecified atom stereocenters. The lowest BCUT2D eigenvalue weighted by molar-refractivity contribution is 1.10. The molecule has 1 heterocycles. The predicted molar refractivity (Wildman–Crippen MR) is 96.7 cm³/mol. The Hall–Kier alpha value is -1.17. The Bertz CT molecular complexity index is 741. The maximum Gasteiger partial charge on any atom is 0.112 e. The standard InChI is InChI=1S/C16H12Br2N2S/c17-12-6-7-13(18)14(8-12)19-9-16-20-15(10-21-16)11-4-2-1-3-5-11/h1-8,10,19H,9H2. The number of aromatic nitrogens is 1. The zero-order valence-electron chi connectivity index (χ0n) is 11.0. The number of nitrogens with zero attached hydrogens (tertiary/aromatic N) is 1. The highest BCUT2D eigenvalue weighted by molar-refractivity contribution is 9.11. The number of benzene rings is 2. The first-order valence-corrected chi connectivity index (χ1v) is 8.88. The van der Waals surface area contributed by atoms with Crippen LogP contribution in [0.5, 0.6) is 0 Å². The fourth-order valence-electron chi connectivity index (χ4n) is 1.94. The Balaban J connectivity index is 1.72. The summed E-state index contributed by atoms with van der Waals surface area (Å²) in [6.07, 6.45) is 0. The molecule has 0 spiro atoms. The van der Waals surface area contributed by atoms with Crippen LogP contribution in [-0.2, 0) is 6.54 Å².